The fourth-order valence-electron chi connectivity index (χ4n) is 2.86. The van der Waals surface area contributed by atoms with Crippen LogP contribution >= 0.6 is 0 Å². The maximum absolute atomic E-state index is 12.7. The van der Waals surface area contributed by atoms with Crippen molar-refractivity contribution >= 4 is 15.7 Å². The van der Waals surface area contributed by atoms with Crippen LogP contribution in [0, 0.1) is 11.3 Å². The number of nitriles is 1. The molecular formula is C17H18N4O3S. The molecule has 1 aromatic heterocycles. The molecule has 0 fully saturated rings. The lowest BCUT2D eigenvalue weighted by Crippen LogP contribution is -2.41. The van der Waals surface area contributed by atoms with Crippen LogP contribution in [-0.2, 0) is 10.0 Å². The molecule has 0 aliphatic carbocycles. The zero-order valence-corrected chi connectivity index (χ0v) is 14.7. The highest BCUT2D eigenvalue weighted by Gasteiger charge is 2.36. The monoisotopic (exact) mass is 358 g/mol. The third kappa shape index (κ3) is 3.57. The van der Waals surface area contributed by atoms with Crippen molar-refractivity contribution in [3.63, 3.8) is 0 Å². The lowest BCUT2D eigenvalue weighted by atomic mass is 9.90. The zero-order chi connectivity index (χ0) is 18.2. The van der Waals surface area contributed by atoms with Gasteiger partial charge in [0.05, 0.1) is 11.6 Å². The first-order valence-electron chi connectivity index (χ1n) is 7.66. The van der Waals surface area contributed by atoms with E-state index >= 15 is 0 Å². The Labute approximate surface area is 146 Å². The molecule has 7 nitrogen and oxygen atoms in total. The molecule has 3 N–H and O–H groups in total. The highest BCUT2D eigenvalue weighted by Crippen LogP contribution is 2.40. The molecule has 1 aromatic carbocycles. The van der Waals surface area contributed by atoms with Gasteiger partial charge in [-0.15, -0.1) is 0 Å². The second kappa shape index (κ2) is 6.02. The van der Waals surface area contributed by atoms with Crippen molar-refractivity contribution in [2.24, 2.45) is 0 Å². The van der Waals surface area contributed by atoms with Crippen molar-refractivity contribution in [3.05, 3.63) is 47.8 Å². The van der Waals surface area contributed by atoms with Gasteiger partial charge in [0.1, 0.15) is 22.3 Å². The number of aromatic nitrogens is 1. The molecule has 1 aliphatic rings. The molecule has 0 radical (unpaired) electrons. The number of benzene rings is 1. The van der Waals surface area contributed by atoms with E-state index in [1.54, 1.807) is 18.2 Å². The van der Waals surface area contributed by atoms with E-state index in [9.17, 15) is 8.42 Å². The van der Waals surface area contributed by atoms with Gasteiger partial charge < -0.3 is 10.5 Å². The summed E-state index contributed by atoms with van der Waals surface area (Å²) in [5.41, 5.74) is 6.70. The molecule has 3 rings (SSSR count). The van der Waals surface area contributed by atoms with Crippen LogP contribution in [-0.4, -0.2) is 19.0 Å². The number of fused-ring (bicyclic) bond motifs is 1. The van der Waals surface area contributed by atoms with Gasteiger partial charge in [0.2, 0.25) is 10.0 Å². The van der Waals surface area contributed by atoms with Crippen LogP contribution in [0.15, 0.2) is 41.6 Å². The Morgan fingerprint density at radius 3 is 2.84 bits per heavy atom. The van der Waals surface area contributed by atoms with E-state index in [0.29, 0.717) is 23.4 Å². The van der Waals surface area contributed by atoms with Crippen LogP contribution < -0.4 is 15.2 Å². The van der Waals surface area contributed by atoms with Gasteiger partial charge in [-0.2, -0.15) is 5.26 Å². The minimum atomic E-state index is -3.86. The first-order chi connectivity index (χ1) is 11.7. The number of hydrogen-bond acceptors (Lipinski definition) is 6. The molecule has 2 aromatic rings. The summed E-state index contributed by atoms with van der Waals surface area (Å²) in [6.07, 6.45) is 2.97. The molecule has 1 unspecified atom stereocenters. The zero-order valence-electron chi connectivity index (χ0n) is 13.9. The number of nitrogen functional groups attached to an aromatic ring is 1. The summed E-state index contributed by atoms with van der Waals surface area (Å²) in [5.74, 6) is 0.599. The van der Waals surface area contributed by atoms with Crippen LogP contribution in [0.2, 0.25) is 0 Å². The van der Waals surface area contributed by atoms with Gasteiger partial charge in [0.25, 0.3) is 0 Å². The third-order valence-corrected chi connectivity index (χ3v) is 5.38. The van der Waals surface area contributed by atoms with Gasteiger partial charge in [0, 0.05) is 30.1 Å². The van der Waals surface area contributed by atoms with E-state index < -0.39 is 21.7 Å². The number of nitrogens with one attached hydrogen (secondary N) is 1. The topological polar surface area (TPSA) is 118 Å². The predicted octanol–water partition coefficient (Wildman–Crippen LogP) is 2.12. The smallest absolute Gasteiger partial charge is 0.242 e. The Morgan fingerprint density at radius 2 is 2.12 bits per heavy atom. The molecule has 0 bridgehead atoms. The molecule has 0 saturated heterocycles. The number of anilines is 1. The maximum Gasteiger partial charge on any atom is 0.242 e. The van der Waals surface area contributed by atoms with E-state index in [-0.39, 0.29) is 10.5 Å². The average Bonchev–Trinajstić information content (AvgIpc) is 2.54. The van der Waals surface area contributed by atoms with Crippen LogP contribution in [0.3, 0.4) is 0 Å². The van der Waals surface area contributed by atoms with Gasteiger partial charge in [0.15, 0.2) is 0 Å². The van der Waals surface area contributed by atoms with E-state index in [2.05, 4.69) is 9.71 Å². The normalized spacial score (nSPS) is 18.7. The lowest BCUT2D eigenvalue weighted by molar-refractivity contribution is 0.0702. The SMILES string of the molecule is CC1(C)CC(NS(=O)(=O)c2cncc(C#N)c2)c2cc(N)ccc2O1. The molecular weight excluding hydrogens is 340 g/mol. The van der Waals surface area contributed by atoms with E-state index in [1.807, 2.05) is 19.9 Å². The Bertz CT molecular complexity index is 964. The van der Waals surface area contributed by atoms with Crippen LogP contribution in [0.25, 0.3) is 0 Å². The summed E-state index contributed by atoms with van der Waals surface area (Å²) in [6.45, 7) is 3.79. The van der Waals surface area contributed by atoms with Gasteiger partial charge in [-0.3, -0.25) is 4.98 Å². The third-order valence-electron chi connectivity index (χ3n) is 3.94. The minimum absolute atomic E-state index is 0.0544. The quantitative estimate of drug-likeness (QED) is 0.811. The molecule has 1 aliphatic heterocycles. The molecule has 25 heavy (non-hydrogen) atoms. The molecule has 0 spiro atoms. The Balaban J connectivity index is 1.99. The first kappa shape index (κ1) is 17.2. The van der Waals surface area contributed by atoms with Crippen molar-refractivity contribution < 1.29 is 13.2 Å². The number of ether oxygens (including phenoxy) is 1. The summed E-state index contributed by atoms with van der Waals surface area (Å²) >= 11 is 0. The fraction of sp³-hybridized carbons (Fsp3) is 0.294. The maximum atomic E-state index is 12.7. The van der Waals surface area contributed by atoms with Gasteiger partial charge in [-0.25, -0.2) is 13.1 Å². The van der Waals surface area contributed by atoms with Crippen molar-refractivity contribution in [3.8, 4) is 11.8 Å². The van der Waals surface area contributed by atoms with Crippen LogP contribution in [0.5, 0.6) is 5.75 Å². The largest absolute Gasteiger partial charge is 0.487 e. The Hall–Kier alpha value is -2.63. The van der Waals surface area contributed by atoms with Gasteiger partial charge in [-0.1, -0.05) is 0 Å². The standard InChI is InChI=1S/C17H18N4O3S/c1-17(2)7-15(14-6-12(19)3-4-16(14)24-17)21-25(22,23)13-5-11(8-18)9-20-10-13/h3-6,9-10,15,21H,7,19H2,1-2H3. The van der Waals surface area contributed by atoms with Crippen LogP contribution in [0.4, 0.5) is 5.69 Å². The molecule has 2 heterocycles. The Morgan fingerprint density at radius 1 is 1.36 bits per heavy atom. The Kier molecular flexibility index (Phi) is 4.14. The van der Waals surface area contributed by atoms with Crippen molar-refractivity contribution in [2.45, 2.75) is 36.8 Å². The molecule has 8 heteroatoms. The first-order valence-corrected chi connectivity index (χ1v) is 9.14. The van der Waals surface area contributed by atoms with Crippen molar-refractivity contribution in [2.75, 3.05) is 5.73 Å². The van der Waals surface area contributed by atoms with Crippen molar-refractivity contribution in [1.29, 1.82) is 5.26 Å². The molecule has 0 saturated carbocycles. The van der Waals surface area contributed by atoms with E-state index in [0.717, 1.165) is 0 Å². The number of hydrogen-bond donors (Lipinski definition) is 2. The van der Waals surface area contributed by atoms with Gasteiger partial charge in [-0.05, 0) is 38.1 Å². The summed E-state index contributed by atoms with van der Waals surface area (Å²) < 4.78 is 34.1. The number of rotatable bonds is 3. The molecule has 0 amide bonds. The molecule has 1 atom stereocenters. The summed E-state index contributed by atoms with van der Waals surface area (Å²) in [5, 5.41) is 8.94. The highest BCUT2D eigenvalue weighted by atomic mass is 32.2. The highest BCUT2D eigenvalue weighted by molar-refractivity contribution is 7.89. The van der Waals surface area contributed by atoms with Crippen LogP contribution in [0.1, 0.15) is 37.4 Å². The fourth-order valence-corrected chi connectivity index (χ4v) is 4.06. The number of nitrogens with zero attached hydrogens (tertiary/aromatic N) is 2. The second-order valence-corrected chi connectivity index (χ2v) is 8.27. The summed E-state index contributed by atoms with van der Waals surface area (Å²) in [6, 6.07) is 7.84. The van der Waals surface area contributed by atoms with E-state index in [4.69, 9.17) is 15.7 Å². The summed E-state index contributed by atoms with van der Waals surface area (Å²) in [4.78, 5) is 3.76. The van der Waals surface area contributed by atoms with E-state index in [1.165, 1.54) is 18.5 Å². The number of nitrogens with two attached hydrogens (primary N) is 1. The predicted molar refractivity (Wildman–Crippen MR) is 92.2 cm³/mol. The second-order valence-electron chi connectivity index (χ2n) is 6.56. The average molecular weight is 358 g/mol. The summed E-state index contributed by atoms with van der Waals surface area (Å²) in [7, 11) is -3.86. The number of sulfonamides is 1. The lowest BCUT2D eigenvalue weighted by Gasteiger charge is -2.37. The minimum Gasteiger partial charge on any atom is -0.487 e. The molecule has 130 valence electrons. The number of pyridine rings is 1. The van der Waals surface area contributed by atoms with Gasteiger partial charge >= 0.3 is 0 Å². The van der Waals surface area contributed by atoms with Crippen molar-refractivity contribution in [1.82, 2.24) is 9.71 Å².